The minimum Gasteiger partial charge on any atom is -0.284 e. The average Bonchev–Trinajstić information content (AvgIpc) is 2.56. The van der Waals surface area contributed by atoms with Crippen molar-refractivity contribution in [2.75, 3.05) is 7.05 Å². The molecular formula is C11H10BrClN2O4S. The summed E-state index contributed by atoms with van der Waals surface area (Å²) in [5.41, 5.74) is 0. The van der Waals surface area contributed by atoms with Gasteiger partial charge in [-0.05, 0) is 18.2 Å². The predicted octanol–water partition coefficient (Wildman–Crippen LogP) is 1.14. The van der Waals surface area contributed by atoms with Gasteiger partial charge in [0.15, 0.2) is 0 Å². The molecule has 108 valence electrons. The number of hydrogen-bond donors (Lipinski definition) is 1. The molecule has 6 nitrogen and oxygen atoms in total. The molecule has 0 radical (unpaired) electrons. The van der Waals surface area contributed by atoms with E-state index in [4.69, 9.17) is 11.6 Å². The number of likely N-dealkylation sites (N-methyl/N-ethyl adjacent to an activating group) is 1. The summed E-state index contributed by atoms with van der Waals surface area (Å²) in [6.45, 7) is 0. The highest BCUT2D eigenvalue weighted by Crippen LogP contribution is 2.26. The first-order valence-corrected chi connectivity index (χ1v) is 8.15. The Bertz CT molecular complexity index is 692. The number of imide groups is 1. The Kier molecular flexibility index (Phi) is 4.19. The van der Waals surface area contributed by atoms with Gasteiger partial charge >= 0.3 is 0 Å². The molecule has 2 rings (SSSR count). The lowest BCUT2D eigenvalue weighted by molar-refractivity contribution is -0.137. The zero-order valence-corrected chi connectivity index (χ0v) is 13.4. The lowest BCUT2D eigenvalue weighted by Crippen LogP contribution is -2.40. The van der Waals surface area contributed by atoms with Crippen LogP contribution in [0.5, 0.6) is 0 Å². The first-order chi connectivity index (χ1) is 9.22. The van der Waals surface area contributed by atoms with Crippen molar-refractivity contribution in [2.45, 2.75) is 17.4 Å². The maximum atomic E-state index is 12.2. The maximum absolute atomic E-state index is 12.2. The van der Waals surface area contributed by atoms with Crippen molar-refractivity contribution in [3.8, 4) is 0 Å². The second-order valence-electron chi connectivity index (χ2n) is 4.24. The number of nitrogens with zero attached hydrogens (tertiary/aromatic N) is 1. The Morgan fingerprint density at radius 2 is 2.05 bits per heavy atom. The molecule has 1 aliphatic heterocycles. The molecule has 0 aromatic heterocycles. The highest BCUT2D eigenvalue weighted by Gasteiger charge is 2.39. The van der Waals surface area contributed by atoms with E-state index in [1.54, 1.807) is 0 Å². The minimum absolute atomic E-state index is 0.0250. The highest BCUT2D eigenvalue weighted by atomic mass is 79.9. The van der Waals surface area contributed by atoms with Crippen molar-refractivity contribution in [1.29, 1.82) is 0 Å². The molecule has 1 saturated heterocycles. The summed E-state index contributed by atoms with van der Waals surface area (Å²) in [5, 5.41) is 0.0250. The van der Waals surface area contributed by atoms with E-state index >= 15 is 0 Å². The molecule has 1 unspecified atom stereocenters. The summed E-state index contributed by atoms with van der Waals surface area (Å²) in [5.74, 6) is -1.00. The van der Waals surface area contributed by atoms with Crippen LogP contribution in [0.3, 0.4) is 0 Å². The van der Waals surface area contributed by atoms with Gasteiger partial charge in [0, 0.05) is 11.5 Å². The number of rotatable bonds is 3. The molecule has 9 heteroatoms. The third-order valence-corrected chi connectivity index (χ3v) is 5.31. The number of hydrogen-bond acceptors (Lipinski definition) is 4. The van der Waals surface area contributed by atoms with Crippen LogP contribution in [0.2, 0.25) is 5.02 Å². The van der Waals surface area contributed by atoms with Crippen molar-refractivity contribution in [3.05, 3.63) is 27.7 Å². The number of carbonyl (C=O) groups is 2. The van der Waals surface area contributed by atoms with Gasteiger partial charge in [-0.15, -0.1) is 0 Å². The summed E-state index contributed by atoms with van der Waals surface area (Å²) in [4.78, 5) is 23.8. The van der Waals surface area contributed by atoms with E-state index in [0.29, 0.717) is 4.47 Å². The summed E-state index contributed by atoms with van der Waals surface area (Å²) >= 11 is 9.05. The molecule has 20 heavy (non-hydrogen) atoms. The smallest absolute Gasteiger partial charge is 0.247 e. The van der Waals surface area contributed by atoms with Gasteiger partial charge in [-0.25, -0.2) is 8.42 Å². The molecule has 1 N–H and O–H groups in total. The summed E-state index contributed by atoms with van der Waals surface area (Å²) in [7, 11) is -2.66. The number of halogens is 2. The molecule has 2 amide bonds. The number of amides is 2. The first-order valence-electron chi connectivity index (χ1n) is 5.50. The fraction of sp³-hybridized carbons (Fsp3) is 0.273. The van der Waals surface area contributed by atoms with Crippen LogP contribution in [-0.4, -0.2) is 38.2 Å². The quantitative estimate of drug-likeness (QED) is 0.796. The second kappa shape index (κ2) is 5.44. The van der Waals surface area contributed by atoms with Gasteiger partial charge in [0.25, 0.3) is 0 Å². The average molecular weight is 382 g/mol. The molecular weight excluding hydrogens is 372 g/mol. The third-order valence-electron chi connectivity index (χ3n) is 2.86. The first kappa shape index (κ1) is 15.4. The van der Waals surface area contributed by atoms with Gasteiger partial charge in [0.1, 0.15) is 10.9 Å². The minimum atomic E-state index is -3.97. The predicted molar refractivity (Wildman–Crippen MR) is 75.7 cm³/mol. The second-order valence-corrected chi connectivity index (χ2v) is 7.25. The van der Waals surface area contributed by atoms with Crippen LogP contribution >= 0.6 is 27.5 Å². The van der Waals surface area contributed by atoms with Gasteiger partial charge in [-0.2, -0.15) is 4.72 Å². The lowest BCUT2D eigenvalue weighted by atomic mass is 10.3. The van der Waals surface area contributed by atoms with Crippen LogP contribution in [-0.2, 0) is 19.6 Å². The topological polar surface area (TPSA) is 83.6 Å². The van der Waals surface area contributed by atoms with Crippen LogP contribution < -0.4 is 4.72 Å². The van der Waals surface area contributed by atoms with E-state index in [1.165, 1.54) is 25.2 Å². The van der Waals surface area contributed by atoms with Gasteiger partial charge in [0.05, 0.1) is 11.4 Å². The van der Waals surface area contributed by atoms with E-state index in [1.807, 2.05) is 0 Å². The van der Waals surface area contributed by atoms with E-state index in [-0.39, 0.29) is 16.3 Å². The molecule has 1 heterocycles. The molecule has 1 aliphatic rings. The summed E-state index contributed by atoms with van der Waals surface area (Å²) in [6.07, 6.45) is -0.192. The normalized spacial score (nSPS) is 19.8. The maximum Gasteiger partial charge on any atom is 0.247 e. The SMILES string of the molecule is CN1C(=O)CC(NS(=O)(=O)c2ccc(Br)cc2Cl)C1=O. The zero-order chi connectivity index (χ0) is 15.1. The van der Waals surface area contributed by atoms with E-state index in [0.717, 1.165) is 4.90 Å². The van der Waals surface area contributed by atoms with Crippen molar-refractivity contribution in [1.82, 2.24) is 9.62 Å². The third kappa shape index (κ3) is 2.88. The molecule has 0 spiro atoms. The fourth-order valence-corrected chi connectivity index (χ4v) is 4.02. The molecule has 0 bridgehead atoms. The number of nitrogens with one attached hydrogen (secondary N) is 1. The Morgan fingerprint density at radius 1 is 1.40 bits per heavy atom. The van der Waals surface area contributed by atoms with E-state index in [9.17, 15) is 18.0 Å². The highest BCUT2D eigenvalue weighted by molar-refractivity contribution is 9.10. The largest absolute Gasteiger partial charge is 0.284 e. The Labute approximate surface area is 129 Å². The van der Waals surface area contributed by atoms with Gasteiger partial charge in [0.2, 0.25) is 21.8 Å². The lowest BCUT2D eigenvalue weighted by Gasteiger charge is -2.12. The van der Waals surface area contributed by atoms with Gasteiger partial charge in [-0.3, -0.25) is 14.5 Å². The van der Waals surface area contributed by atoms with Crippen molar-refractivity contribution >= 4 is 49.4 Å². The molecule has 1 fully saturated rings. The number of carbonyl (C=O) groups excluding carboxylic acids is 2. The number of benzene rings is 1. The van der Waals surface area contributed by atoms with Crippen molar-refractivity contribution < 1.29 is 18.0 Å². The number of sulfonamides is 1. The van der Waals surface area contributed by atoms with Crippen LogP contribution in [0.4, 0.5) is 0 Å². The van der Waals surface area contributed by atoms with E-state index in [2.05, 4.69) is 20.7 Å². The Hall–Kier alpha value is -0.960. The molecule has 1 aromatic carbocycles. The fourth-order valence-electron chi connectivity index (χ4n) is 1.79. The van der Waals surface area contributed by atoms with Gasteiger partial charge in [-0.1, -0.05) is 27.5 Å². The Balaban J connectivity index is 2.28. The van der Waals surface area contributed by atoms with Crippen molar-refractivity contribution in [3.63, 3.8) is 0 Å². The number of likely N-dealkylation sites (tertiary alicyclic amines) is 1. The van der Waals surface area contributed by atoms with E-state index < -0.39 is 27.9 Å². The molecule has 1 atom stereocenters. The summed E-state index contributed by atoms with van der Waals surface area (Å²) < 4.78 is 27.2. The van der Waals surface area contributed by atoms with Crippen LogP contribution in [0, 0.1) is 0 Å². The van der Waals surface area contributed by atoms with Crippen LogP contribution in [0.1, 0.15) is 6.42 Å². The summed E-state index contributed by atoms with van der Waals surface area (Å²) in [6, 6.07) is 3.19. The van der Waals surface area contributed by atoms with Crippen LogP contribution in [0.25, 0.3) is 0 Å². The Morgan fingerprint density at radius 3 is 2.55 bits per heavy atom. The van der Waals surface area contributed by atoms with Crippen molar-refractivity contribution in [2.24, 2.45) is 0 Å². The van der Waals surface area contributed by atoms with Crippen LogP contribution in [0.15, 0.2) is 27.6 Å². The molecule has 0 saturated carbocycles. The zero-order valence-electron chi connectivity index (χ0n) is 10.3. The standard InChI is InChI=1S/C11H10BrClN2O4S/c1-15-10(16)5-8(11(15)17)14-20(18,19)9-3-2-6(12)4-7(9)13/h2-4,8,14H,5H2,1H3. The molecule has 1 aromatic rings. The molecule has 0 aliphatic carbocycles. The monoisotopic (exact) mass is 380 g/mol. The van der Waals surface area contributed by atoms with Gasteiger partial charge < -0.3 is 0 Å².